The Morgan fingerprint density at radius 2 is 2.11 bits per heavy atom. The highest BCUT2D eigenvalue weighted by Crippen LogP contribution is 2.30. The molecule has 0 amide bonds. The molecule has 1 heterocycles. The first kappa shape index (κ1) is 13.2. The summed E-state index contributed by atoms with van der Waals surface area (Å²) in [6, 6.07) is 5.43. The predicted octanol–water partition coefficient (Wildman–Crippen LogP) is 3.65. The Labute approximate surface area is 117 Å². The second kappa shape index (κ2) is 6.12. The quantitative estimate of drug-likeness (QED) is 0.855. The van der Waals surface area contributed by atoms with Crippen LogP contribution in [0.1, 0.15) is 6.42 Å². The molecule has 1 aliphatic rings. The van der Waals surface area contributed by atoms with Crippen LogP contribution in [-0.2, 0) is 0 Å². The van der Waals surface area contributed by atoms with Gasteiger partial charge in [-0.2, -0.15) is 0 Å². The van der Waals surface area contributed by atoms with Gasteiger partial charge in [-0.1, -0.05) is 35.3 Å². The van der Waals surface area contributed by atoms with Crippen LogP contribution < -0.4 is 5.32 Å². The summed E-state index contributed by atoms with van der Waals surface area (Å²) in [5, 5.41) is 4.41. The smallest absolute Gasteiger partial charge is 0.198 e. The molecule has 0 spiro atoms. The molecule has 2 rings (SSSR count). The summed E-state index contributed by atoms with van der Waals surface area (Å²) in [4.78, 5) is 6.60. The number of halogens is 2. The lowest BCUT2D eigenvalue weighted by Crippen LogP contribution is -2.33. The van der Waals surface area contributed by atoms with Gasteiger partial charge in [0, 0.05) is 13.1 Å². The SMILES string of the molecule is C=CCCN1CCN=C1Nc1c(Cl)cccc1Cl. The molecule has 1 aromatic carbocycles. The first-order valence-electron chi connectivity index (χ1n) is 5.83. The molecule has 1 aliphatic heterocycles. The Balaban J connectivity index is 2.11. The standard InChI is InChI=1S/C13H15Cl2N3/c1-2-3-8-18-9-7-16-13(18)17-12-10(14)5-4-6-11(12)15/h2,4-6H,1,3,7-9H2,(H,16,17). The zero-order chi connectivity index (χ0) is 13.0. The number of nitrogens with one attached hydrogen (secondary N) is 1. The number of hydrogen-bond donors (Lipinski definition) is 1. The average molecular weight is 284 g/mol. The third kappa shape index (κ3) is 2.98. The Bertz CT molecular complexity index is 451. The number of rotatable bonds is 4. The molecule has 0 saturated heterocycles. The maximum Gasteiger partial charge on any atom is 0.198 e. The zero-order valence-electron chi connectivity index (χ0n) is 10.00. The van der Waals surface area contributed by atoms with Gasteiger partial charge in [-0.05, 0) is 18.6 Å². The van der Waals surface area contributed by atoms with Crippen LogP contribution in [0.15, 0.2) is 35.8 Å². The average Bonchev–Trinajstić information content (AvgIpc) is 2.79. The van der Waals surface area contributed by atoms with Crippen molar-refractivity contribution in [2.75, 3.05) is 25.0 Å². The van der Waals surface area contributed by atoms with E-state index in [1.807, 2.05) is 12.1 Å². The summed E-state index contributed by atoms with van der Waals surface area (Å²) in [7, 11) is 0. The maximum atomic E-state index is 6.12. The highest BCUT2D eigenvalue weighted by atomic mass is 35.5. The van der Waals surface area contributed by atoms with Crippen molar-refractivity contribution in [1.29, 1.82) is 0 Å². The fourth-order valence-electron chi connectivity index (χ4n) is 1.79. The number of aliphatic imine (C=N–C) groups is 1. The number of benzene rings is 1. The molecule has 0 radical (unpaired) electrons. The van der Waals surface area contributed by atoms with E-state index >= 15 is 0 Å². The van der Waals surface area contributed by atoms with Crippen molar-refractivity contribution < 1.29 is 0 Å². The van der Waals surface area contributed by atoms with Gasteiger partial charge in [0.25, 0.3) is 0 Å². The van der Waals surface area contributed by atoms with Crippen LogP contribution in [0.2, 0.25) is 10.0 Å². The lowest BCUT2D eigenvalue weighted by atomic mass is 10.3. The molecule has 1 N–H and O–H groups in total. The fourth-order valence-corrected chi connectivity index (χ4v) is 2.29. The van der Waals surface area contributed by atoms with Crippen LogP contribution >= 0.6 is 23.2 Å². The highest BCUT2D eigenvalue weighted by Gasteiger charge is 2.18. The molecule has 96 valence electrons. The largest absolute Gasteiger partial charge is 0.341 e. The van der Waals surface area contributed by atoms with Gasteiger partial charge < -0.3 is 10.2 Å². The molecule has 0 bridgehead atoms. The van der Waals surface area contributed by atoms with Gasteiger partial charge in [-0.25, -0.2) is 0 Å². The summed E-state index contributed by atoms with van der Waals surface area (Å²) >= 11 is 12.2. The minimum Gasteiger partial charge on any atom is -0.341 e. The molecular weight excluding hydrogens is 269 g/mol. The molecule has 18 heavy (non-hydrogen) atoms. The summed E-state index contributed by atoms with van der Waals surface area (Å²) in [6.07, 6.45) is 2.83. The number of anilines is 1. The van der Waals surface area contributed by atoms with Crippen molar-refractivity contribution in [2.24, 2.45) is 4.99 Å². The van der Waals surface area contributed by atoms with E-state index in [1.165, 1.54) is 0 Å². The summed E-state index contributed by atoms with van der Waals surface area (Å²) in [6.45, 7) is 6.34. The van der Waals surface area contributed by atoms with Crippen LogP contribution in [0, 0.1) is 0 Å². The minimum atomic E-state index is 0.598. The van der Waals surface area contributed by atoms with E-state index in [-0.39, 0.29) is 0 Å². The van der Waals surface area contributed by atoms with E-state index in [4.69, 9.17) is 23.2 Å². The molecule has 3 nitrogen and oxygen atoms in total. The van der Waals surface area contributed by atoms with Gasteiger partial charge in [0.05, 0.1) is 22.3 Å². The topological polar surface area (TPSA) is 27.6 Å². The monoisotopic (exact) mass is 283 g/mol. The minimum absolute atomic E-state index is 0.598. The van der Waals surface area contributed by atoms with Crippen LogP contribution in [0.5, 0.6) is 0 Å². The van der Waals surface area contributed by atoms with Crippen LogP contribution in [0.4, 0.5) is 5.69 Å². The van der Waals surface area contributed by atoms with E-state index in [0.717, 1.165) is 32.0 Å². The van der Waals surface area contributed by atoms with E-state index < -0.39 is 0 Å². The molecule has 0 fully saturated rings. The third-order valence-corrected chi connectivity index (χ3v) is 3.36. The molecule has 0 saturated carbocycles. The fraction of sp³-hybridized carbons (Fsp3) is 0.308. The Hall–Kier alpha value is -1.19. The lowest BCUT2D eigenvalue weighted by Gasteiger charge is -2.21. The Kier molecular flexibility index (Phi) is 4.50. The first-order valence-corrected chi connectivity index (χ1v) is 6.59. The second-order valence-corrected chi connectivity index (χ2v) is 4.81. The highest BCUT2D eigenvalue weighted by molar-refractivity contribution is 6.39. The van der Waals surface area contributed by atoms with Crippen LogP contribution in [0.3, 0.4) is 0 Å². The third-order valence-electron chi connectivity index (χ3n) is 2.73. The van der Waals surface area contributed by atoms with Gasteiger partial charge in [0.1, 0.15) is 0 Å². The van der Waals surface area contributed by atoms with Crippen LogP contribution in [-0.4, -0.2) is 30.5 Å². The zero-order valence-corrected chi connectivity index (χ0v) is 11.5. The van der Waals surface area contributed by atoms with E-state index in [9.17, 15) is 0 Å². The van der Waals surface area contributed by atoms with E-state index in [2.05, 4.69) is 21.8 Å². The van der Waals surface area contributed by atoms with Crippen molar-refractivity contribution in [2.45, 2.75) is 6.42 Å². The molecule has 5 heteroatoms. The Morgan fingerprint density at radius 1 is 1.39 bits per heavy atom. The van der Waals surface area contributed by atoms with E-state index in [1.54, 1.807) is 12.1 Å². The number of nitrogens with zero attached hydrogens (tertiary/aromatic N) is 2. The normalized spacial score (nSPS) is 14.6. The van der Waals surface area contributed by atoms with Gasteiger partial charge in [0.2, 0.25) is 0 Å². The number of guanidine groups is 1. The van der Waals surface area contributed by atoms with Crippen molar-refractivity contribution in [3.8, 4) is 0 Å². The molecule has 1 aromatic rings. The first-order chi connectivity index (χ1) is 8.72. The lowest BCUT2D eigenvalue weighted by molar-refractivity contribution is 0.464. The summed E-state index contributed by atoms with van der Waals surface area (Å²) < 4.78 is 0. The van der Waals surface area contributed by atoms with Gasteiger partial charge >= 0.3 is 0 Å². The van der Waals surface area contributed by atoms with Gasteiger partial charge in [0.15, 0.2) is 5.96 Å². The van der Waals surface area contributed by atoms with E-state index in [0.29, 0.717) is 15.7 Å². The molecule has 0 aliphatic carbocycles. The molecule has 0 unspecified atom stereocenters. The molecule has 0 atom stereocenters. The van der Waals surface area contributed by atoms with Crippen LogP contribution in [0.25, 0.3) is 0 Å². The summed E-state index contributed by atoms with van der Waals surface area (Å²) in [5.74, 6) is 0.826. The predicted molar refractivity (Wildman–Crippen MR) is 78.8 cm³/mol. The van der Waals surface area contributed by atoms with Crippen molar-refractivity contribution in [3.63, 3.8) is 0 Å². The van der Waals surface area contributed by atoms with Gasteiger partial charge in [-0.15, -0.1) is 6.58 Å². The van der Waals surface area contributed by atoms with Gasteiger partial charge in [-0.3, -0.25) is 4.99 Å². The molecular formula is C13H15Cl2N3. The maximum absolute atomic E-state index is 6.12. The number of hydrogen-bond acceptors (Lipinski definition) is 3. The van der Waals surface area contributed by atoms with Crippen molar-refractivity contribution in [1.82, 2.24) is 4.90 Å². The van der Waals surface area contributed by atoms with Crippen molar-refractivity contribution in [3.05, 3.63) is 40.9 Å². The Morgan fingerprint density at radius 3 is 2.78 bits per heavy atom. The summed E-state index contributed by atoms with van der Waals surface area (Å²) in [5.41, 5.74) is 0.713. The number of para-hydroxylation sites is 1. The molecule has 0 aromatic heterocycles. The second-order valence-electron chi connectivity index (χ2n) is 3.99. The van der Waals surface area contributed by atoms with Crippen molar-refractivity contribution >= 4 is 34.8 Å².